The summed E-state index contributed by atoms with van der Waals surface area (Å²) < 4.78 is 0. The van der Waals surface area contributed by atoms with E-state index in [1.54, 1.807) is 0 Å². The first-order chi connectivity index (χ1) is 5.95. The van der Waals surface area contributed by atoms with Crippen molar-refractivity contribution >= 4 is 5.69 Å². The van der Waals surface area contributed by atoms with E-state index in [1.165, 1.54) is 13.8 Å². The molecule has 0 saturated heterocycles. The Morgan fingerprint density at radius 2 is 1.85 bits per heavy atom. The van der Waals surface area contributed by atoms with Gasteiger partial charge in [0, 0.05) is 5.56 Å². The van der Waals surface area contributed by atoms with E-state index in [0.29, 0.717) is 0 Å². The molecule has 0 aliphatic carbocycles. The van der Waals surface area contributed by atoms with Crippen molar-refractivity contribution in [3.8, 4) is 11.5 Å². The molecule has 0 fully saturated rings. The molecule has 0 atom stereocenters. The number of hydrogen-bond acceptors (Lipinski definition) is 4. The summed E-state index contributed by atoms with van der Waals surface area (Å²) in [7, 11) is 0. The van der Waals surface area contributed by atoms with Crippen molar-refractivity contribution in [2.45, 2.75) is 13.8 Å². The van der Waals surface area contributed by atoms with E-state index in [4.69, 9.17) is 0 Å². The van der Waals surface area contributed by atoms with Gasteiger partial charge in [-0.2, -0.15) is 0 Å². The first-order valence-corrected chi connectivity index (χ1v) is 3.61. The maximum absolute atomic E-state index is 10.4. The summed E-state index contributed by atoms with van der Waals surface area (Å²) in [6.45, 7) is 2.92. The molecular formula is C8H9NO4. The molecule has 2 N–H and O–H groups in total. The molecule has 0 aliphatic rings. The largest absolute Gasteiger partial charge is 0.507 e. The molecule has 5 nitrogen and oxygen atoms in total. The van der Waals surface area contributed by atoms with Gasteiger partial charge in [-0.05, 0) is 13.8 Å². The number of nitro groups is 1. The Hall–Kier alpha value is -1.78. The maximum atomic E-state index is 10.4. The smallest absolute Gasteiger partial charge is 0.279 e. The first kappa shape index (κ1) is 9.31. The number of hydrogen-bond donors (Lipinski definition) is 2. The van der Waals surface area contributed by atoms with Crippen LogP contribution in [-0.4, -0.2) is 15.1 Å². The van der Waals surface area contributed by atoms with Crippen LogP contribution in [0.1, 0.15) is 11.1 Å². The molecule has 1 rings (SSSR count). The predicted octanol–water partition coefficient (Wildman–Crippen LogP) is 1.62. The van der Waals surface area contributed by atoms with Crippen molar-refractivity contribution < 1.29 is 15.1 Å². The van der Waals surface area contributed by atoms with Crippen LogP contribution in [0.2, 0.25) is 0 Å². The quantitative estimate of drug-likeness (QED) is 0.511. The van der Waals surface area contributed by atoms with Crippen LogP contribution in [0.25, 0.3) is 0 Å². The second-order valence-electron chi connectivity index (χ2n) is 2.77. The van der Waals surface area contributed by atoms with Gasteiger partial charge in [0.05, 0.1) is 16.6 Å². The van der Waals surface area contributed by atoms with Crippen molar-refractivity contribution in [1.82, 2.24) is 0 Å². The summed E-state index contributed by atoms with van der Waals surface area (Å²) in [4.78, 5) is 9.78. The topological polar surface area (TPSA) is 83.6 Å². The minimum atomic E-state index is -0.645. The van der Waals surface area contributed by atoms with Crippen LogP contribution >= 0.6 is 0 Å². The Balaban J connectivity index is 3.50. The van der Waals surface area contributed by atoms with Gasteiger partial charge in [0.25, 0.3) is 5.69 Å². The molecule has 0 bridgehead atoms. The Morgan fingerprint density at radius 3 is 2.31 bits per heavy atom. The third-order valence-electron chi connectivity index (χ3n) is 1.95. The lowest BCUT2D eigenvalue weighted by atomic mass is 10.1. The summed E-state index contributed by atoms with van der Waals surface area (Å²) in [5, 5.41) is 29.0. The predicted molar refractivity (Wildman–Crippen MR) is 45.9 cm³/mol. The summed E-state index contributed by atoms with van der Waals surface area (Å²) in [6.07, 6.45) is 0. The maximum Gasteiger partial charge on any atom is 0.279 e. The second kappa shape index (κ2) is 2.93. The summed E-state index contributed by atoms with van der Waals surface area (Å²) in [5.41, 5.74) is 0.143. The van der Waals surface area contributed by atoms with E-state index in [9.17, 15) is 20.3 Å². The normalized spacial score (nSPS) is 10.0. The standard InChI is InChI=1S/C8H9NO4/c1-4-6(9(12)13)3-7(10)5(2)8(4)11/h3,10-11H,1-2H3. The number of phenols is 2. The molecule has 13 heavy (non-hydrogen) atoms. The SMILES string of the molecule is Cc1c(O)cc([N+](=O)[O-])c(C)c1O. The Morgan fingerprint density at radius 1 is 1.31 bits per heavy atom. The lowest BCUT2D eigenvalue weighted by Gasteiger charge is -2.05. The molecule has 0 aliphatic heterocycles. The summed E-state index contributed by atoms with van der Waals surface area (Å²) in [6, 6.07) is 1.03. The van der Waals surface area contributed by atoms with Crippen LogP contribution in [-0.2, 0) is 0 Å². The van der Waals surface area contributed by atoms with Gasteiger partial charge in [-0.1, -0.05) is 0 Å². The lowest BCUT2D eigenvalue weighted by molar-refractivity contribution is -0.385. The van der Waals surface area contributed by atoms with Gasteiger partial charge in [0.1, 0.15) is 11.5 Å². The highest BCUT2D eigenvalue weighted by molar-refractivity contribution is 5.57. The van der Waals surface area contributed by atoms with E-state index in [2.05, 4.69) is 0 Å². The van der Waals surface area contributed by atoms with Crippen LogP contribution in [0.4, 0.5) is 5.69 Å². The van der Waals surface area contributed by atoms with Crippen molar-refractivity contribution in [1.29, 1.82) is 0 Å². The number of aromatic hydroxyl groups is 2. The molecule has 70 valence electrons. The summed E-state index contributed by atoms with van der Waals surface area (Å²) in [5.74, 6) is -0.499. The van der Waals surface area contributed by atoms with Gasteiger partial charge in [-0.3, -0.25) is 10.1 Å². The van der Waals surface area contributed by atoms with Gasteiger partial charge in [-0.15, -0.1) is 0 Å². The number of rotatable bonds is 1. The fraction of sp³-hybridized carbons (Fsp3) is 0.250. The molecule has 1 aromatic carbocycles. The minimum Gasteiger partial charge on any atom is -0.507 e. The monoisotopic (exact) mass is 183 g/mol. The van der Waals surface area contributed by atoms with E-state index in [0.717, 1.165) is 6.07 Å². The van der Waals surface area contributed by atoms with Crippen LogP contribution in [0, 0.1) is 24.0 Å². The number of benzene rings is 1. The molecule has 0 saturated carbocycles. The first-order valence-electron chi connectivity index (χ1n) is 3.61. The van der Waals surface area contributed by atoms with Gasteiger partial charge >= 0.3 is 0 Å². The molecule has 0 aromatic heterocycles. The third kappa shape index (κ3) is 1.40. The van der Waals surface area contributed by atoms with Crippen molar-refractivity contribution in [3.63, 3.8) is 0 Å². The van der Waals surface area contributed by atoms with Crippen molar-refractivity contribution in [2.24, 2.45) is 0 Å². The van der Waals surface area contributed by atoms with Crippen LogP contribution in [0.15, 0.2) is 6.07 Å². The zero-order valence-corrected chi connectivity index (χ0v) is 7.24. The molecule has 0 radical (unpaired) electrons. The molecule has 0 heterocycles. The number of nitro benzene ring substituents is 1. The average molecular weight is 183 g/mol. The zero-order chi connectivity index (χ0) is 10.2. The van der Waals surface area contributed by atoms with Gasteiger partial charge < -0.3 is 10.2 Å². The van der Waals surface area contributed by atoms with Crippen molar-refractivity contribution in [3.05, 3.63) is 27.3 Å². The Kier molecular flexibility index (Phi) is 2.10. The van der Waals surface area contributed by atoms with E-state index >= 15 is 0 Å². The van der Waals surface area contributed by atoms with Crippen molar-refractivity contribution in [2.75, 3.05) is 0 Å². The molecule has 0 amide bonds. The van der Waals surface area contributed by atoms with Gasteiger partial charge in [-0.25, -0.2) is 0 Å². The highest BCUT2D eigenvalue weighted by Gasteiger charge is 2.18. The average Bonchev–Trinajstić information content (AvgIpc) is 2.07. The number of nitrogens with zero attached hydrogens (tertiary/aromatic N) is 1. The van der Waals surface area contributed by atoms with Crippen LogP contribution in [0.3, 0.4) is 0 Å². The molecule has 0 unspecified atom stereocenters. The number of phenolic OH excluding ortho intramolecular Hbond substituents is 2. The van der Waals surface area contributed by atoms with Crippen LogP contribution < -0.4 is 0 Å². The minimum absolute atomic E-state index is 0.167. The lowest BCUT2D eigenvalue weighted by Crippen LogP contribution is -1.93. The summed E-state index contributed by atoms with van der Waals surface area (Å²) >= 11 is 0. The highest BCUT2D eigenvalue weighted by atomic mass is 16.6. The third-order valence-corrected chi connectivity index (χ3v) is 1.95. The Labute approximate surface area is 74.4 Å². The fourth-order valence-electron chi connectivity index (χ4n) is 1.06. The van der Waals surface area contributed by atoms with Gasteiger partial charge in [0.2, 0.25) is 0 Å². The van der Waals surface area contributed by atoms with E-state index < -0.39 is 4.92 Å². The van der Waals surface area contributed by atoms with E-state index in [-0.39, 0.29) is 28.3 Å². The van der Waals surface area contributed by atoms with Crippen LogP contribution in [0.5, 0.6) is 11.5 Å². The molecular weight excluding hydrogens is 174 g/mol. The molecule has 5 heteroatoms. The van der Waals surface area contributed by atoms with Gasteiger partial charge in [0.15, 0.2) is 0 Å². The van der Waals surface area contributed by atoms with E-state index in [1.807, 2.05) is 0 Å². The highest BCUT2D eigenvalue weighted by Crippen LogP contribution is 2.35. The zero-order valence-electron chi connectivity index (χ0n) is 7.24. The molecule has 1 aromatic rings. The second-order valence-corrected chi connectivity index (χ2v) is 2.77. The fourth-order valence-corrected chi connectivity index (χ4v) is 1.06. The Bertz CT molecular complexity index is 373. The molecule has 0 spiro atoms.